The number of furan rings is 1. The summed E-state index contributed by atoms with van der Waals surface area (Å²) >= 11 is 0. The Balaban J connectivity index is 1.68. The fourth-order valence-corrected chi connectivity index (χ4v) is 2.19. The first kappa shape index (κ1) is 14.9. The van der Waals surface area contributed by atoms with E-state index in [1.54, 1.807) is 12.1 Å². The number of ether oxygens (including phenoxy) is 3. The Hall–Kier alpha value is -3.02. The fourth-order valence-electron chi connectivity index (χ4n) is 2.19. The van der Waals surface area contributed by atoms with Gasteiger partial charge in [0.1, 0.15) is 19.0 Å². The van der Waals surface area contributed by atoms with Crippen LogP contribution in [0, 0.1) is 0 Å². The molecule has 0 spiro atoms. The Morgan fingerprint density at radius 3 is 2.83 bits per heavy atom. The molecule has 6 nitrogen and oxygen atoms in total. The van der Waals surface area contributed by atoms with Crippen molar-refractivity contribution < 1.29 is 28.2 Å². The smallest absolute Gasteiger partial charge is 0.374 e. The van der Waals surface area contributed by atoms with Crippen LogP contribution in [-0.4, -0.2) is 25.7 Å². The molecule has 0 amide bonds. The van der Waals surface area contributed by atoms with E-state index in [1.807, 2.05) is 24.3 Å². The number of methoxy groups -OCH3 is 1. The van der Waals surface area contributed by atoms with Gasteiger partial charge in [0.15, 0.2) is 0 Å². The van der Waals surface area contributed by atoms with Crippen LogP contribution in [0.4, 0.5) is 0 Å². The lowest BCUT2D eigenvalue weighted by molar-refractivity contribution is -0.140. The molecule has 0 bridgehead atoms. The van der Waals surface area contributed by atoms with Crippen LogP contribution in [0.25, 0.3) is 6.08 Å². The van der Waals surface area contributed by atoms with Gasteiger partial charge in [-0.15, -0.1) is 0 Å². The molecule has 1 aromatic carbocycles. The maximum absolute atomic E-state index is 12.1. The molecule has 2 heterocycles. The van der Waals surface area contributed by atoms with Gasteiger partial charge < -0.3 is 18.6 Å². The highest BCUT2D eigenvalue weighted by molar-refractivity contribution is 5.95. The van der Waals surface area contributed by atoms with Crippen LogP contribution < -0.4 is 4.74 Å². The molecule has 2 aromatic rings. The average molecular weight is 314 g/mol. The van der Waals surface area contributed by atoms with Crippen molar-refractivity contribution in [1.82, 2.24) is 0 Å². The maximum atomic E-state index is 12.1. The summed E-state index contributed by atoms with van der Waals surface area (Å²) in [6.07, 6.45) is 3.08. The molecule has 23 heavy (non-hydrogen) atoms. The highest BCUT2D eigenvalue weighted by Gasteiger charge is 2.21. The molecule has 0 saturated carbocycles. The number of rotatable bonds is 4. The SMILES string of the molecule is COC(=O)c1occc1COC(=O)C1=Cc2ccccc2OC1. The molecular weight excluding hydrogens is 300 g/mol. The van der Waals surface area contributed by atoms with Crippen molar-refractivity contribution in [3.05, 3.63) is 59.1 Å². The third-order valence-corrected chi connectivity index (χ3v) is 3.37. The second-order valence-corrected chi connectivity index (χ2v) is 4.84. The van der Waals surface area contributed by atoms with Gasteiger partial charge in [0.05, 0.1) is 18.9 Å². The molecule has 0 unspecified atom stereocenters. The van der Waals surface area contributed by atoms with Crippen molar-refractivity contribution in [2.75, 3.05) is 13.7 Å². The zero-order chi connectivity index (χ0) is 16.2. The van der Waals surface area contributed by atoms with Crippen LogP contribution in [0.1, 0.15) is 21.7 Å². The Labute approximate surface area is 132 Å². The van der Waals surface area contributed by atoms with Crippen molar-refractivity contribution in [3.8, 4) is 5.75 Å². The van der Waals surface area contributed by atoms with Crippen LogP contribution in [0.15, 0.2) is 46.6 Å². The predicted octanol–water partition coefficient (Wildman–Crippen LogP) is 2.59. The van der Waals surface area contributed by atoms with E-state index in [2.05, 4.69) is 4.74 Å². The normalized spacial score (nSPS) is 12.7. The standard InChI is InChI=1S/C17H14O6/c1-20-17(19)15-12(6-7-21-15)9-23-16(18)13-8-11-4-2-3-5-14(11)22-10-13/h2-8H,9-10H2,1H3. The van der Waals surface area contributed by atoms with Crippen LogP contribution in [-0.2, 0) is 20.9 Å². The van der Waals surface area contributed by atoms with E-state index < -0.39 is 11.9 Å². The molecule has 118 valence electrons. The highest BCUT2D eigenvalue weighted by Crippen LogP contribution is 2.26. The van der Waals surface area contributed by atoms with Crippen molar-refractivity contribution in [3.63, 3.8) is 0 Å². The third kappa shape index (κ3) is 3.11. The van der Waals surface area contributed by atoms with Gasteiger partial charge >= 0.3 is 11.9 Å². The second-order valence-electron chi connectivity index (χ2n) is 4.84. The molecular formula is C17H14O6. The summed E-state index contributed by atoms with van der Waals surface area (Å²) in [6.45, 7) is 0.0594. The van der Waals surface area contributed by atoms with Gasteiger partial charge in [-0.3, -0.25) is 0 Å². The maximum Gasteiger partial charge on any atom is 0.374 e. The molecule has 1 aliphatic heterocycles. The number of fused-ring (bicyclic) bond motifs is 1. The second kappa shape index (κ2) is 6.39. The molecule has 0 atom stereocenters. The van der Waals surface area contributed by atoms with Crippen LogP contribution in [0.3, 0.4) is 0 Å². The van der Waals surface area contributed by atoms with E-state index >= 15 is 0 Å². The molecule has 6 heteroatoms. The summed E-state index contributed by atoms with van der Waals surface area (Å²) in [5.41, 5.74) is 1.68. The van der Waals surface area contributed by atoms with Crippen LogP contribution in [0.5, 0.6) is 5.75 Å². The number of carbonyl (C=O) groups is 2. The van der Waals surface area contributed by atoms with Gasteiger partial charge in [0.2, 0.25) is 5.76 Å². The first-order chi connectivity index (χ1) is 11.2. The van der Waals surface area contributed by atoms with Crippen molar-refractivity contribution >= 4 is 18.0 Å². The zero-order valence-corrected chi connectivity index (χ0v) is 12.4. The van der Waals surface area contributed by atoms with Gasteiger partial charge in [0.25, 0.3) is 0 Å². The molecule has 3 rings (SSSR count). The van der Waals surface area contributed by atoms with Crippen molar-refractivity contribution in [2.24, 2.45) is 0 Å². The van der Waals surface area contributed by atoms with Gasteiger partial charge in [-0.1, -0.05) is 18.2 Å². The van der Waals surface area contributed by atoms with Crippen molar-refractivity contribution in [1.29, 1.82) is 0 Å². The van der Waals surface area contributed by atoms with E-state index in [1.165, 1.54) is 13.4 Å². The van der Waals surface area contributed by atoms with Crippen LogP contribution in [0.2, 0.25) is 0 Å². The van der Waals surface area contributed by atoms with Gasteiger partial charge in [-0.2, -0.15) is 0 Å². The molecule has 0 radical (unpaired) electrons. The molecule has 1 aromatic heterocycles. The molecule has 0 fully saturated rings. The number of esters is 2. The lowest BCUT2D eigenvalue weighted by atomic mass is 10.1. The van der Waals surface area contributed by atoms with E-state index in [9.17, 15) is 9.59 Å². The lowest BCUT2D eigenvalue weighted by Gasteiger charge is -2.16. The summed E-state index contributed by atoms with van der Waals surface area (Å²) in [4.78, 5) is 23.6. The minimum atomic E-state index is -0.616. The van der Waals surface area contributed by atoms with E-state index in [0.717, 1.165) is 11.3 Å². The van der Waals surface area contributed by atoms with Gasteiger partial charge in [0, 0.05) is 11.1 Å². The Bertz CT molecular complexity index is 771. The minimum absolute atomic E-state index is 0.0273. The van der Waals surface area contributed by atoms with Crippen LogP contribution >= 0.6 is 0 Å². The largest absolute Gasteiger partial charge is 0.488 e. The van der Waals surface area contributed by atoms with Gasteiger partial charge in [-0.25, -0.2) is 9.59 Å². The molecule has 0 saturated heterocycles. The molecule has 1 aliphatic rings. The Morgan fingerprint density at radius 1 is 1.17 bits per heavy atom. The molecule has 0 aliphatic carbocycles. The summed E-state index contributed by atoms with van der Waals surface area (Å²) in [7, 11) is 1.25. The fraction of sp³-hybridized carbons (Fsp3) is 0.176. The number of para-hydroxylation sites is 1. The quantitative estimate of drug-likeness (QED) is 0.808. The predicted molar refractivity (Wildman–Crippen MR) is 79.8 cm³/mol. The zero-order valence-electron chi connectivity index (χ0n) is 12.4. The van der Waals surface area contributed by atoms with E-state index in [0.29, 0.717) is 11.1 Å². The number of hydrogen-bond donors (Lipinski definition) is 0. The summed E-state index contributed by atoms with van der Waals surface area (Å²) in [5.74, 6) is -0.363. The number of benzene rings is 1. The van der Waals surface area contributed by atoms with Gasteiger partial charge in [-0.05, 0) is 18.2 Å². The third-order valence-electron chi connectivity index (χ3n) is 3.37. The van der Waals surface area contributed by atoms with Crippen molar-refractivity contribution in [2.45, 2.75) is 6.61 Å². The topological polar surface area (TPSA) is 75.0 Å². The Morgan fingerprint density at radius 2 is 2.00 bits per heavy atom. The highest BCUT2D eigenvalue weighted by atomic mass is 16.5. The number of carbonyl (C=O) groups excluding carboxylic acids is 2. The number of hydrogen-bond acceptors (Lipinski definition) is 6. The average Bonchev–Trinajstić information content (AvgIpc) is 3.07. The Kier molecular flexibility index (Phi) is 4.14. The minimum Gasteiger partial charge on any atom is -0.488 e. The lowest BCUT2D eigenvalue weighted by Crippen LogP contribution is -2.17. The first-order valence-electron chi connectivity index (χ1n) is 6.93. The summed E-state index contributed by atoms with van der Waals surface area (Å²) in [5, 5.41) is 0. The first-order valence-corrected chi connectivity index (χ1v) is 6.93. The van der Waals surface area contributed by atoms with E-state index in [-0.39, 0.29) is 19.0 Å². The monoisotopic (exact) mass is 314 g/mol. The summed E-state index contributed by atoms with van der Waals surface area (Å²) in [6, 6.07) is 8.97. The van der Waals surface area contributed by atoms with E-state index in [4.69, 9.17) is 13.9 Å². The molecule has 0 N–H and O–H groups in total. The summed E-state index contributed by atoms with van der Waals surface area (Å²) < 4.78 is 20.4.